The molecule has 84 valence electrons. The first-order valence-electron chi connectivity index (χ1n) is 5.04. The van der Waals surface area contributed by atoms with Crippen LogP contribution in [0.3, 0.4) is 0 Å². The molecule has 0 atom stereocenters. The van der Waals surface area contributed by atoms with E-state index in [1.807, 2.05) is 19.1 Å². The lowest BCUT2D eigenvalue weighted by atomic mass is 10.2. The van der Waals surface area contributed by atoms with Crippen molar-refractivity contribution in [3.8, 4) is 11.4 Å². The summed E-state index contributed by atoms with van der Waals surface area (Å²) in [7, 11) is 0. The van der Waals surface area contributed by atoms with E-state index in [9.17, 15) is 0 Å². The Morgan fingerprint density at radius 3 is 2.82 bits per heavy atom. The lowest BCUT2D eigenvalue weighted by Crippen LogP contribution is -1.91. The second kappa shape index (κ2) is 3.78. The highest BCUT2D eigenvalue weighted by atomic mass is 35.5. The monoisotopic (exact) mass is 245 g/mol. The summed E-state index contributed by atoms with van der Waals surface area (Å²) in [5, 5.41) is 8.45. The number of aromatic nitrogens is 5. The predicted octanol–water partition coefficient (Wildman–Crippen LogP) is 2.15. The molecule has 0 fully saturated rings. The van der Waals surface area contributed by atoms with Gasteiger partial charge in [0, 0.05) is 29.8 Å². The van der Waals surface area contributed by atoms with Crippen LogP contribution in [-0.2, 0) is 0 Å². The van der Waals surface area contributed by atoms with E-state index in [2.05, 4.69) is 20.2 Å². The van der Waals surface area contributed by atoms with Gasteiger partial charge in [0.2, 0.25) is 0 Å². The number of hydrogen-bond donors (Lipinski definition) is 0. The number of halogens is 1. The minimum absolute atomic E-state index is 0.339. The van der Waals surface area contributed by atoms with Gasteiger partial charge in [0.05, 0.1) is 0 Å². The second-order valence-corrected chi connectivity index (χ2v) is 3.98. The van der Waals surface area contributed by atoms with E-state index < -0.39 is 0 Å². The van der Waals surface area contributed by atoms with Crippen molar-refractivity contribution in [3.05, 3.63) is 41.6 Å². The first-order valence-corrected chi connectivity index (χ1v) is 5.42. The maximum Gasteiger partial charge on any atom is 0.198 e. The summed E-state index contributed by atoms with van der Waals surface area (Å²) in [6.07, 6.45) is 5.15. The average Bonchev–Trinajstić information content (AvgIpc) is 2.75. The van der Waals surface area contributed by atoms with Crippen LogP contribution in [-0.4, -0.2) is 24.6 Å². The summed E-state index contributed by atoms with van der Waals surface area (Å²) in [5.74, 6) is 0.705. The Balaban J connectivity index is 2.24. The normalized spacial score (nSPS) is 10.9. The van der Waals surface area contributed by atoms with Gasteiger partial charge in [0.15, 0.2) is 16.6 Å². The molecule has 0 spiro atoms. The van der Waals surface area contributed by atoms with E-state index >= 15 is 0 Å². The zero-order valence-corrected chi connectivity index (χ0v) is 9.76. The van der Waals surface area contributed by atoms with Crippen molar-refractivity contribution in [2.75, 3.05) is 0 Å². The Morgan fingerprint density at radius 2 is 2.06 bits per heavy atom. The van der Waals surface area contributed by atoms with Gasteiger partial charge in [-0.2, -0.15) is 0 Å². The molecule has 0 aliphatic carbocycles. The van der Waals surface area contributed by atoms with Crippen molar-refractivity contribution in [1.82, 2.24) is 24.6 Å². The average molecular weight is 246 g/mol. The van der Waals surface area contributed by atoms with Crippen LogP contribution in [0.2, 0.25) is 5.15 Å². The maximum absolute atomic E-state index is 5.93. The molecule has 0 amide bonds. The van der Waals surface area contributed by atoms with Crippen molar-refractivity contribution in [2.24, 2.45) is 0 Å². The van der Waals surface area contributed by atoms with E-state index in [0.717, 1.165) is 11.3 Å². The fraction of sp³-hybridized carbons (Fsp3) is 0.0909. The number of rotatable bonds is 1. The number of aryl methyl sites for hydroxylation is 1. The van der Waals surface area contributed by atoms with Crippen molar-refractivity contribution in [1.29, 1.82) is 0 Å². The van der Waals surface area contributed by atoms with Crippen molar-refractivity contribution in [2.45, 2.75) is 6.92 Å². The minimum atomic E-state index is 0.339. The highest BCUT2D eigenvalue weighted by molar-refractivity contribution is 6.32. The highest BCUT2D eigenvalue weighted by Gasteiger charge is 2.10. The summed E-state index contributed by atoms with van der Waals surface area (Å²) in [5.41, 5.74) is 2.40. The largest absolute Gasteiger partial charge is 0.278 e. The Bertz CT molecular complexity index is 674. The van der Waals surface area contributed by atoms with E-state index in [1.54, 1.807) is 23.0 Å². The van der Waals surface area contributed by atoms with Crippen molar-refractivity contribution >= 4 is 17.2 Å². The molecule has 0 aliphatic heterocycles. The summed E-state index contributed by atoms with van der Waals surface area (Å²) < 4.78 is 1.79. The van der Waals surface area contributed by atoms with Crippen molar-refractivity contribution < 1.29 is 0 Å². The van der Waals surface area contributed by atoms with Gasteiger partial charge >= 0.3 is 0 Å². The molecule has 5 nitrogen and oxygen atoms in total. The van der Waals surface area contributed by atoms with Gasteiger partial charge in [-0.05, 0) is 19.1 Å². The van der Waals surface area contributed by atoms with Gasteiger partial charge < -0.3 is 0 Å². The van der Waals surface area contributed by atoms with E-state index in [0.29, 0.717) is 16.6 Å². The molecule has 0 aromatic carbocycles. The van der Waals surface area contributed by atoms with Crippen molar-refractivity contribution in [3.63, 3.8) is 0 Å². The third-order valence-electron chi connectivity index (χ3n) is 2.45. The van der Waals surface area contributed by atoms with Gasteiger partial charge in [0.25, 0.3) is 0 Å². The second-order valence-electron chi connectivity index (χ2n) is 3.62. The zero-order valence-electron chi connectivity index (χ0n) is 9.00. The molecule has 0 unspecified atom stereocenters. The van der Waals surface area contributed by atoms with Crippen LogP contribution >= 0.6 is 11.6 Å². The summed E-state index contributed by atoms with van der Waals surface area (Å²) in [4.78, 5) is 8.19. The van der Waals surface area contributed by atoms with Gasteiger partial charge in [-0.1, -0.05) is 11.6 Å². The molecule has 3 aromatic rings. The molecule has 6 heteroatoms. The van der Waals surface area contributed by atoms with Crippen LogP contribution in [0.15, 0.2) is 30.7 Å². The Kier molecular flexibility index (Phi) is 2.26. The zero-order chi connectivity index (χ0) is 11.8. The SMILES string of the molecule is Cc1ccc(-c2nnc3c(Cl)nccn23)cn1. The molecule has 3 aromatic heterocycles. The molecule has 17 heavy (non-hydrogen) atoms. The quantitative estimate of drug-likeness (QED) is 0.659. The van der Waals surface area contributed by atoms with Gasteiger partial charge in [-0.3, -0.25) is 9.38 Å². The molecule has 3 heterocycles. The molecule has 3 rings (SSSR count). The molecular weight excluding hydrogens is 238 g/mol. The first-order chi connectivity index (χ1) is 8.25. The number of pyridine rings is 1. The molecule has 0 bridgehead atoms. The molecule has 0 saturated carbocycles. The third-order valence-corrected chi connectivity index (χ3v) is 2.72. The Hall–Kier alpha value is -2.01. The minimum Gasteiger partial charge on any atom is -0.278 e. The first kappa shape index (κ1) is 10.2. The number of hydrogen-bond acceptors (Lipinski definition) is 4. The standard InChI is InChI=1S/C11H8ClN5/c1-7-2-3-8(6-14-7)10-15-16-11-9(12)13-4-5-17(10)11/h2-6H,1H3. The summed E-state index contributed by atoms with van der Waals surface area (Å²) >= 11 is 5.93. The van der Waals surface area contributed by atoms with E-state index in [4.69, 9.17) is 11.6 Å². The fourth-order valence-electron chi connectivity index (χ4n) is 1.59. The summed E-state index contributed by atoms with van der Waals surface area (Å²) in [6.45, 7) is 1.94. The number of nitrogens with zero attached hydrogens (tertiary/aromatic N) is 5. The molecule has 0 aliphatic rings. The predicted molar refractivity (Wildman–Crippen MR) is 63.8 cm³/mol. The maximum atomic E-state index is 5.93. The van der Waals surface area contributed by atoms with E-state index in [-0.39, 0.29) is 0 Å². The smallest absolute Gasteiger partial charge is 0.198 e. The van der Waals surface area contributed by atoms with Gasteiger partial charge in [-0.25, -0.2) is 4.98 Å². The van der Waals surface area contributed by atoms with Crippen LogP contribution in [0.1, 0.15) is 5.69 Å². The topological polar surface area (TPSA) is 56.0 Å². The number of fused-ring (bicyclic) bond motifs is 1. The van der Waals surface area contributed by atoms with Crippen LogP contribution < -0.4 is 0 Å². The lowest BCUT2D eigenvalue weighted by molar-refractivity contribution is 1.10. The molecule has 0 saturated heterocycles. The fourth-order valence-corrected chi connectivity index (χ4v) is 1.78. The highest BCUT2D eigenvalue weighted by Crippen LogP contribution is 2.20. The lowest BCUT2D eigenvalue weighted by Gasteiger charge is -2.00. The Labute approximate surface area is 102 Å². The van der Waals surface area contributed by atoms with E-state index in [1.165, 1.54) is 0 Å². The van der Waals surface area contributed by atoms with Gasteiger partial charge in [0.1, 0.15) is 0 Å². The van der Waals surface area contributed by atoms with Crippen LogP contribution in [0.5, 0.6) is 0 Å². The molecule has 0 radical (unpaired) electrons. The third kappa shape index (κ3) is 1.64. The van der Waals surface area contributed by atoms with Crippen LogP contribution in [0.25, 0.3) is 17.0 Å². The molecular formula is C11H8ClN5. The Morgan fingerprint density at radius 1 is 1.18 bits per heavy atom. The summed E-state index contributed by atoms with van der Waals surface area (Å²) in [6, 6.07) is 3.88. The molecule has 0 N–H and O–H groups in total. The van der Waals surface area contributed by atoms with Crippen LogP contribution in [0.4, 0.5) is 0 Å². The van der Waals surface area contributed by atoms with Crippen LogP contribution in [0, 0.1) is 6.92 Å². The van der Waals surface area contributed by atoms with Gasteiger partial charge in [-0.15, -0.1) is 10.2 Å².